The van der Waals surface area contributed by atoms with Crippen LogP contribution in [0.3, 0.4) is 0 Å². The first-order chi connectivity index (χ1) is 11.0. The standard InChI is InChI=1S/C17H19ClFN3O/c1-11(2)5-7-20-12-6-8-21-16(10-12)17(23)22-13-3-4-15(19)14(18)9-13/h3-4,6,8-11H,5,7H2,1-2H3,(H,20,21)(H,22,23). The summed E-state index contributed by atoms with van der Waals surface area (Å²) in [5, 5.41) is 5.87. The minimum atomic E-state index is -0.529. The molecule has 4 nitrogen and oxygen atoms in total. The summed E-state index contributed by atoms with van der Waals surface area (Å²) in [4.78, 5) is 16.3. The van der Waals surface area contributed by atoms with Crippen LogP contribution in [0.5, 0.6) is 0 Å². The first-order valence-corrected chi connectivity index (χ1v) is 7.80. The van der Waals surface area contributed by atoms with E-state index in [9.17, 15) is 9.18 Å². The van der Waals surface area contributed by atoms with Gasteiger partial charge in [-0.05, 0) is 42.7 Å². The third kappa shape index (κ3) is 5.21. The molecule has 0 spiro atoms. The summed E-state index contributed by atoms with van der Waals surface area (Å²) in [5.74, 6) is -0.297. The number of aromatic nitrogens is 1. The Hall–Kier alpha value is -2.14. The largest absolute Gasteiger partial charge is 0.385 e. The Labute approximate surface area is 140 Å². The van der Waals surface area contributed by atoms with Crippen LogP contribution in [0.4, 0.5) is 15.8 Å². The normalized spacial score (nSPS) is 10.7. The molecule has 0 atom stereocenters. The molecular weight excluding hydrogens is 317 g/mol. The van der Waals surface area contributed by atoms with Gasteiger partial charge in [-0.2, -0.15) is 0 Å². The third-order valence-corrected chi connectivity index (χ3v) is 3.51. The number of anilines is 2. The van der Waals surface area contributed by atoms with E-state index < -0.39 is 5.82 Å². The fraction of sp³-hybridized carbons (Fsp3) is 0.294. The van der Waals surface area contributed by atoms with Crippen molar-refractivity contribution in [2.75, 3.05) is 17.2 Å². The lowest BCUT2D eigenvalue weighted by atomic mass is 10.1. The average Bonchev–Trinajstić information content (AvgIpc) is 2.51. The van der Waals surface area contributed by atoms with Crippen LogP contribution in [-0.2, 0) is 0 Å². The number of halogens is 2. The zero-order valence-corrected chi connectivity index (χ0v) is 13.8. The summed E-state index contributed by atoms with van der Waals surface area (Å²) in [7, 11) is 0. The summed E-state index contributed by atoms with van der Waals surface area (Å²) in [6.07, 6.45) is 2.61. The molecule has 0 saturated carbocycles. The molecule has 2 rings (SSSR count). The first kappa shape index (κ1) is 17.2. The van der Waals surface area contributed by atoms with E-state index in [0.717, 1.165) is 18.7 Å². The highest BCUT2D eigenvalue weighted by atomic mass is 35.5. The van der Waals surface area contributed by atoms with Gasteiger partial charge in [0.25, 0.3) is 5.91 Å². The highest BCUT2D eigenvalue weighted by Crippen LogP contribution is 2.20. The molecule has 1 amide bonds. The van der Waals surface area contributed by atoms with E-state index in [-0.39, 0.29) is 16.6 Å². The van der Waals surface area contributed by atoms with Gasteiger partial charge in [-0.3, -0.25) is 9.78 Å². The Morgan fingerprint density at radius 2 is 2.04 bits per heavy atom. The van der Waals surface area contributed by atoms with Crippen molar-refractivity contribution in [3.63, 3.8) is 0 Å². The quantitative estimate of drug-likeness (QED) is 0.812. The van der Waals surface area contributed by atoms with Crippen molar-refractivity contribution in [3.05, 3.63) is 53.1 Å². The van der Waals surface area contributed by atoms with Gasteiger partial charge in [0.2, 0.25) is 0 Å². The molecule has 2 aromatic rings. The van der Waals surface area contributed by atoms with Gasteiger partial charge < -0.3 is 10.6 Å². The molecule has 23 heavy (non-hydrogen) atoms. The minimum Gasteiger partial charge on any atom is -0.385 e. The molecular formula is C17H19ClFN3O. The fourth-order valence-electron chi connectivity index (χ4n) is 1.94. The number of amides is 1. The number of pyridine rings is 1. The number of carbonyl (C=O) groups is 1. The number of benzene rings is 1. The summed E-state index contributed by atoms with van der Waals surface area (Å²) < 4.78 is 13.1. The molecule has 0 saturated heterocycles. The summed E-state index contributed by atoms with van der Waals surface area (Å²) in [5.41, 5.74) is 1.53. The number of nitrogens with one attached hydrogen (secondary N) is 2. The van der Waals surface area contributed by atoms with Gasteiger partial charge in [-0.25, -0.2) is 4.39 Å². The third-order valence-electron chi connectivity index (χ3n) is 3.22. The van der Waals surface area contributed by atoms with E-state index in [4.69, 9.17) is 11.6 Å². The van der Waals surface area contributed by atoms with Crippen LogP contribution in [-0.4, -0.2) is 17.4 Å². The lowest BCUT2D eigenvalue weighted by molar-refractivity contribution is 0.102. The number of rotatable bonds is 6. The van der Waals surface area contributed by atoms with E-state index in [1.807, 2.05) is 6.07 Å². The zero-order chi connectivity index (χ0) is 16.8. The molecule has 0 aliphatic rings. The second kappa shape index (κ2) is 7.92. The molecule has 0 aliphatic carbocycles. The average molecular weight is 336 g/mol. The molecule has 1 aromatic heterocycles. The maximum absolute atomic E-state index is 13.1. The van der Waals surface area contributed by atoms with Gasteiger partial charge in [-0.1, -0.05) is 25.4 Å². The van der Waals surface area contributed by atoms with Crippen LogP contribution in [0.2, 0.25) is 5.02 Å². The van der Waals surface area contributed by atoms with Crippen LogP contribution >= 0.6 is 11.6 Å². The van der Waals surface area contributed by atoms with Crippen molar-refractivity contribution in [2.24, 2.45) is 5.92 Å². The monoisotopic (exact) mass is 335 g/mol. The predicted molar refractivity (Wildman–Crippen MR) is 91.5 cm³/mol. The number of nitrogens with zero attached hydrogens (tertiary/aromatic N) is 1. The molecule has 0 aliphatic heterocycles. The van der Waals surface area contributed by atoms with E-state index in [2.05, 4.69) is 29.5 Å². The highest BCUT2D eigenvalue weighted by Gasteiger charge is 2.10. The Kier molecular flexibility index (Phi) is 5.93. The zero-order valence-electron chi connectivity index (χ0n) is 13.1. The van der Waals surface area contributed by atoms with Gasteiger partial charge in [0, 0.05) is 24.1 Å². The van der Waals surface area contributed by atoms with Crippen molar-refractivity contribution < 1.29 is 9.18 Å². The number of hydrogen-bond acceptors (Lipinski definition) is 3. The van der Waals surface area contributed by atoms with Crippen LogP contribution < -0.4 is 10.6 Å². The van der Waals surface area contributed by atoms with Gasteiger partial charge >= 0.3 is 0 Å². The predicted octanol–water partition coefficient (Wildman–Crippen LogP) is 4.58. The van der Waals surface area contributed by atoms with Crippen LogP contribution in [0.15, 0.2) is 36.5 Å². The smallest absolute Gasteiger partial charge is 0.274 e. The molecule has 0 radical (unpaired) electrons. The van der Waals surface area contributed by atoms with Crippen LogP contribution in [0.25, 0.3) is 0 Å². The number of carbonyl (C=O) groups excluding carboxylic acids is 1. The number of hydrogen-bond donors (Lipinski definition) is 2. The second-order valence-corrected chi connectivity index (χ2v) is 6.03. The molecule has 0 fully saturated rings. The molecule has 0 unspecified atom stereocenters. The lowest BCUT2D eigenvalue weighted by Crippen LogP contribution is -2.14. The summed E-state index contributed by atoms with van der Waals surface area (Å²) in [6, 6.07) is 7.51. The molecule has 1 aromatic carbocycles. The Bertz CT molecular complexity index is 691. The van der Waals surface area contributed by atoms with Gasteiger partial charge in [0.15, 0.2) is 0 Å². The summed E-state index contributed by atoms with van der Waals surface area (Å²) >= 11 is 5.70. The lowest BCUT2D eigenvalue weighted by Gasteiger charge is -2.10. The van der Waals surface area contributed by atoms with E-state index in [1.54, 1.807) is 12.3 Å². The fourth-order valence-corrected chi connectivity index (χ4v) is 2.12. The first-order valence-electron chi connectivity index (χ1n) is 7.42. The van der Waals surface area contributed by atoms with Crippen molar-refractivity contribution in [1.82, 2.24) is 4.98 Å². The van der Waals surface area contributed by atoms with E-state index in [1.165, 1.54) is 18.2 Å². The maximum Gasteiger partial charge on any atom is 0.274 e. The van der Waals surface area contributed by atoms with Crippen molar-refractivity contribution >= 4 is 28.9 Å². The van der Waals surface area contributed by atoms with Crippen molar-refractivity contribution in [2.45, 2.75) is 20.3 Å². The van der Waals surface area contributed by atoms with Crippen LogP contribution in [0, 0.1) is 11.7 Å². The van der Waals surface area contributed by atoms with Gasteiger partial charge in [0.05, 0.1) is 5.02 Å². The maximum atomic E-state index is 13.1. The molecule has 2 N–H and O–H groups in total. The van der Waals surface area contributed by atoms with Crippen LogP contribution in [0.1, 0.15) is 30.8 Å². The Balaban J connectivity index is 2.02. The Morgan fingerprint density at radius 3 is 2.74 bits per heavy atom. The SMILES string of the molecule is CC(C)CCNc1ccnc(C(=O)Nc2ccc(F)c(Cl)c2)c1. The Morgan fingerprint density at radius 1 is 1.26 bits per heavy atom. The van der Waals surface area contributed by atoms with Gasteiger partial charge in [0.1, 0.15) is 11.5 Å². The molecule has 0 bridgehead atoms. The van der Waals surface area contributed by atoms with E-state index in [0.29, 0.717) is 11.6 Å². The topological polar surface area (TPSA) is 54.0 Å². The van der Waals surface area contributed by atoms with Gasteiger partial charge in [-0.15, -0.1) is 0 Å². The molecule has 122 valence electrons. The second-order valence-electron chi connectivity index (χ2n) is 5.62. The van der Waals surface area contributed by atoms with Crippen molar-refractivity contribution in [3.8, 4) is 0 Å². The minimum absolute atomic E-state index is 0.0418. The van der Waals surface area contributed by atoms with Crippen molar-refractivity contribution in [1.29, 1.82) is 0 Å². The van der Waals surface area contributed by atoms with E-state index >= 15 is 0 Å². The molecule has 6 heteroatoms. The molecule has 1 heterocycles. The summed E-state index contributed by atoms with van der Waals surface area (Å²) in [6.45, 7) is 5.14. The highest BCUT2D eigenvalue weighted by molar-refractivity contribution is 6.31.